The van der Waals surface area contributed by atoms with Crippen molar-refractivity contribution >= 4 is 5.91 Å². The molecule has 0 bridgehead atoms. The predicted molar refractivity (Wildman–Crippen MR) is 73.3 cm³/mol. The van der Waals surface area contributed by atoms with Crippen LogP contribution >= 0.6 is 0 Å². The van der Waals surface area contributed by atoms with E-state index in [9.17, 15) is 4.79 Å². The number of ether oxygens (including phenoxy) is 1. The molecule has 0 aromatic heterocycles. The highest BCUT2D eigenvalue weighted by Crippen LogP contribution is 2.29. The molecule has 4 heteroatoms. The average molecular weight is 256 g/mol. The van der Waals surface area contributed by atoms with Gasteiger partial charge in [-0.1, -0.05) is 26.2 Å². The van der Waals surface area contributed by atoms with E-state index in [2.05, 4.69) is 5.32 Å². The lowest BCUT2D eigenvalue weighted by molar-refractivity contribution is -0.125. The summed E-state index contributed by atoms with van der Waals surface area (Å²) in [5.41, 5.74) is 4.79. The second-order valence-electron chi connectivity index (χ2n) is 5.70. The Hall–Kier alpha value is -0.610. The quantitative estimate of drug-likeness (QED) is 0.661. The third-order valence-corrected chi connectivity index (χ3v) is 3.96. The van der Waals surface area contributed by atoms with E-state index in [1.807, 2.05) is 20.8 Å². The van der Waals surface area contributed by atoms with Crippen LogP contribution < -0.4 is 11.1 Å². The Kier molecular flexibility index (Phi) is 6.09. The Morgan fingerprint density at radius 2 is 2.22 bits per heavy atom. The second-order valence-corrected chi connectivity index (χ2v) is 5.70. The number of primary amides is 1. The zero-order chi connectivity index (χ0) is 13.6. The minimum Gasteiger partial charge on any atom is -0.378 e. The SMILES string of the molecule is CCNC(C)(CC(C)OCCC1CCC1)C(N)=O. The zero-order valence-corrected chi connectivity index (χ0v) is 12.0. The van der Waals surface area contributed by atoms with Gasteiger partial charge in [-0.15, -0.1) is 0 Å². The van der Waals surface area contributed by atoms with Crippen molar-refractivity contribution < 1.29 is 9.53 Å². The number of hydrogen-bond donors (Lipinski definition) is 2. The van der Waals surface area contributed by atoms with Crippen molar-refractivity contribution in [3.05, 3.63) is 0 Å². The fourth-order valence-corrected chi connectivity index (χ4v) is 2.50. The summed E-state index contributed by atoms with van der Waals surface area (Å²) in [5, 5.41) is 3.16. The number of amides is 1. The molecule has 4 nitrogen and oxygen atoms in total. The van der Waals surface area contributed by atoms with Crippen molar-refractivity contribution in [1.82, 2.24) is 5.32 Å². The summed E-state index contributed by atoms with van der Waals surface area (Å²) in [6, 6.07) is 0. The van der Waals surface area contributed by atoms with Gasteiger partial charge in [-0.25, -0.2) is 0 Å². The van der Waals surface area contributed by atoms with Gasteiger partial charge in [0.05, 0.1) is 11.6 Å². The molecule has 0 aromatic carbocycles. The van der Waals surface area contributed by atoms with E-state index in [0.29, 0.717) is 6.42 Å². The Morgan fingerprint density at radius 3 is 2.67 bits per heavy atom. The topological polar surface area (TPSA) is 64.3 Å². The van der Waals surface area contributed by atoms with E-state index in [0.717, 1.165) is 25.5 Å². The summed E-state index contributed by atoms with van der Waals surface area (Å²) in [5.74, 6) is 0.562. The summed E-state index contributed by atoms with van der Waals surface area (Å²) >= 11 is 0. The standard InChI is InChI=1S/C14H28N2O2/c1-4-16-14(3,13(15)17)10-11(2)18-9-8-12-6-5-7-12/h11-12,16H,4-10H2,1-3H3,(H2,15,17). The van der Waals surface area contributed by atoms with Crippen molar-refractivity contribution in [3.63, 3.8) is 0 Å². The van der Waals surface area contributed by atoms with Gasteiger partial charge in [0.15, 0.2) is 0 Å². The normalized spacial score (nSPS) is 21.1. The van der Waals surface area contributed by atoms with Crippen LogP contribution in [0.15, 0.2) is 0 Å². The molecule has 1 saturated carbocycles. The lowest BCUT2D eigenvalue weighted by Gasteiger charge is -2.30. The Bertz CT molecular complexity index is 267. The predicted octanol–water partition coefficient (Wildman–Crippen LogP) is 1.83. The van der Waals surface area contributed by atoms with E-state index in [4.69, 9.17) is 10.5 Å². The van der Waals surface area contributed by atoms with Gasteiger partial charge >= 0.3 is 0 Å². The van der Waals surface area contributed by atoms with Crippen LogP contribution in [0.1, 0.15) is 52.9 Å². The zero-order valence-electron chi connectivity index (χ0n) is 12.0. The lowest BCUT2D eigenvalue weighted by atomic mass is 9.83. The molecule has 0 spiro atoms. The number of rotatable bonds is 9. The minimum atomic E-state index is -0.662. The first-order valence-electron chi connectivity index (χ1n) is 7.14. The number of likely N-dealkylation sites (N-methyl/N-ethyl adjacent to an activating group) is 1. The van der Waals surface area contributed by atoms with Gasteiger partial charge in [0, 0.05) is 13.0 Å². The molecule has 1 aliphatic rings. The van der Waals surface area contributed by atoms with E-state index >= 15 is 0 Å². The van der Waals surface area contributed by atoms with Crippen LogP contribution in [0.25, 0.3) is 0 Å². The molecule has 3 N–H and O–H groups in total. The van der Waals surface area contributed by atoms with Crippen molar-refractivity contribution in [3.8, 4) is 0 Å². The highest BCUT2D eigenvalue weighted by atomic mass is 16.5. The average Bonchev–Trinajstić information content (AvgIpc) is 2.21. The van der Waals surface area contributed by atoms with E-state index in [1.165, 1.54) is 19.3 Å². The van der Waals surface area contributed by atoms with E-state index in [-0.39, 0.29) is 12.0 Å². The summed E-state index contributed by atoms with van der Waals surface area (Å²) in [6.07, 6.45) is 5.92. The van der Waals surface area contributed by atoms with Crippen LogP contribution in [0, 0.1) is 5.92 Å². The fourth-order valence-electron chi connectivity index (χ4n) is 2.50. The van der Waals surface area contributed by atoms with Crippen LogP contribution in [0.3, 0.4) is 0 Å². The van der Waals surface area contributed by atoms with Crippen LogP contribution in [0.4, 0.5) is 0 Å². The summed E-state index contributed by atoms with van der Waals surface area (Å²) in [7, 11) is 0. The summed E-state index contributed by atoms with van der Waals surface area (Å²) < 4.78 is 5.79. The smallest absolute Gasteiger partial charge is 0.237 e. The molecule has 0 aliphatic heterocycles. The first-order chi connectivity index (χ1) is 8.48. The highest BCUT2D eigenvalue weighted by molar-refractivity contribution is 5.84. The van der Waals surface area contributed by atoms with Crippen LogP contribution in [0.5, 0.6) is 0 Å². The number of hydrogen-bond acceptors (Lipinski definition) is 3. The van der Waals surface area contributed by atoms with Crippen molar-refractivity contribution in [2.75, 3.05) is 13.2 Å². The molecular formula is C14H28N2O2. The molecule has 2 atom stereocenters. The number of nitrogens with one attached hydrogen (secondary N) is 1. The Labute approximate surface area is 111 Å². The minimum absolute atomic E-state index is 0.0571. The molecular weight excluding hydrogens is 228 g/mol. The Morgan fingerprint density at radius 1 is 1.56 bits per heavy atom. The molecule has 1 rings (SSSR count). The lowest BCUT2D eigenvalue weighted by Crippen LogP contribution is -2.54. The fraction of sp³-hybridized carbons (Fsp3) is 0.929. The van der Waals surface area contributed by atoms with Crippen LogP contribution in [0.2, 0.25) is 0 Å². The third-order valence-electron chi connectivity index (χ3n) is 3.96. The second kappa shape index (κ2) is 7.10. The van der Waals surface area contributed by atoms with Crippen molar-refractivity contribution in [1.29, 1.82) is 0 Å². The van der Waals surface area contributed by atoms with E-state index < -0.39 is 5.54 Å². The molecule has 0 saturated heterocycles. The van der Waals surface area contributed by atoms with Gasteiger partial charge in [-0.05, 0) is 32.7 Å². The van der Waals surface area contributed by atoms with E-state index in [1.54, 1.807) is 0 Å². The van der Waals surface area contributed by atoms with Crippen LogP contribution in [-0.4, -0.2) is 30.7 Å². The maximum absolute atomic E-state index is 11.5. The van der Waals surface area contributed by atoms with Gasteiger partial charge < -0.3 is 15.8 Å². The molecule has 1 fully saturated rings. The number of carbonyl (C=O) groups excluding carboxylic acids is 1. The molecule has 1 amide bonds. The first kappa shape index (κ1) is 15.4. The number of carbonyl (C=O) groups is 1. The van der Waals surface area contributed by atoms with Gasteiger partial charge in [0.1, 0.15) is 0 Å². The van der Waals surface area contributed by atoms with Gasteiger partial charge in [0.25, 0.3) is 0 Å². The van der Waals surface area contributed by atoms with Gasteiger partial charge in [0.2, 0.25) is 5.91 Å². The molecule has 0 aromatic rings. The number of nitrogens with two attached hydrogens (primary N) is 1. The molecule has 0 heterocycles. The Balaban J connectivity index is 2.26. The monoisotopic (exact) mass is 256 g/mol. The largest absolute Gasteiger partial charge is 0.378 e. The first-order valence-corrected chi connectivity index (χ1v) is 7.14. The summed E-state index contributed by atoms with van der Waals surface area (Å²) in [4.78, 5) is 11.5. The molecule has 2 unspecified atom stereocenters. The van der Waals surface area contributed by atoms with Gasteiger partial charge in [-0.2, -0.15) is 0 Å². The maximum atomic E-state index is 11.5. The highest BCUT2D eigenvalue weighted by Gasteiger charge is 2.32. The van der Waals surface area contributed by atoms with Crippen LogP contribution in [-0.2, 0) is 9.53 Å². The van der Waals surface area contributed by atoms with Crippen molar-refractivity contribution in [2.24, 2.45) is 11.7 Å². The molecule has 0 radical (unpaired) electrons. The molecule has 106 valence electrons. The molecule has 18 heavy (non-hydrogen) atoms. The van der Waals surface area contributed by atoms with Gasteiger partial charge in [-0.3, -0.25) is 4.79 Å². The van der Waals surface area contributed by atoms with Crippen molar-refractivity contribution in [2.45, 2.75) is 64.5 Å². The molecule has 1 aliphatic carbocycles. The maximum Gasteiger partial charge on any atom is 0.237 e. The third kappa shape index (κ3) is 4.58. The summed E-state index contributed by atoms with van der Waals surface area (Å²) in [6.45, 7) is 7.37.